The molecule has 0 saturated heterocycles. The van der Waals surface area contributed by atoms with Crippen molar-refractivity contribution in [1.82, 2.24) is 0 Å². The van der Waals surface area contributed by atoms with Gasteiger partial charge in [0.2, 0.25) is 0 Å². The molecular weight excluding hydrogens is 284 g/mol. The quantitative estimate of drug-likeness (QED) is 0.212. The van der Waals surface area contributed by atoms with E-state index in [4.69, 9.17) is 5.11 Å². The first-order valence-electron chi connectivity index (χ1n) is 10.0. The molecule has 1 N–H and O–H groups in total. The van der Waals surface area contributed by atoms with E-state index in [9.17, 15) is 4.79 Å². The van der Waals surface area contributed by atoms with Crippen molar-refractivity contribution in [1.29, 1.82) is 0 Å². The van der Waals surface area contributed by atoms with E-state index >= 15 is 0 Å². The molecule has 0 atom stereocenters. The van der Waals surface area contributed by atoms with Crippen molar-refractivity contribution in [2.24, 2.45) is 0 Å². The number of aliphatic carboxylic acids is 1. The SMILES string of the molecule is C=C(CC)CCCCCCCCCCCCCCCCC(=O)O. The van der Waals surface area contributed by atoms with E-state index in [1.165, 1.54) is 89.0 Å². The lowest BCUT2D eigenvalue weighted by Gasteiger charge is -2.04. The summed E-state index contributed by atoms with van der Waals surface area (Å²) in [5.41, 5.74) is 1.41. The Balaban J connectivity index is 3.02. The Morgan fingerprint density at radius 1 is 0.652 bits per heavy atom. The van der Waals surface area contributed by atoms with E-state index in [-0.39, 0.29) is 0 Å². The molecule has 2 heteroatoms. The second kappa shape index (κ2) is 17.6. The molecule has 0 aliphatic heterocycles. The molecule has 23 heavy (non-hydrogen) atoms. The van der Waals surface area contributed by atoms with Crippen molar-refractivity contribution in [3.63, 3.8) is 0 Å². The van der Waals surface area contributed by atoms with Crippen LogP contribution in [0.25, 0.3) is 0 Å². The highest BCUT2D eigenvalue weighted by Crippen LogP contribution is 2.15. The topological polar surface area (TPSA) is 37.3 Å². The van der Waals surface area contributed by atoms with Crippen molar-refractivity contribution in [3.8, 4) is 0 Å². The molecule has 0 aliphatic rings. The third kappa shape index (κ3) is 19.2. The first-order chi connectivity index (χ1) is 11.2. The minimum atomic E-state index is -0.656. The van der Waals surface area contributed by atoms with Gasteiger partial charge in [-0.1, -0.05) is 96.1 Å². The fourth-order valence-electron chi connectivity index (χ4n) is 2.95. The zero-order valence-electron chi connectivity index (χ0n) is 15.6. The van der Waals surface area contributed by atoms with Gasteiger partial charge >= 0.3 is 5.97 Å². The molecule has 0 heterocycles. The van der Waals surface area contributed by atoms with E-state index in [1.807, 2.05) is 0 Å². The molecule has 2 nitrogen and oxygen atoms in total. The summed E-state index contributed by atoms with van der Waals surface area (Å²) in [7, 11) is 0. The molecule has 0 bridgehead atoms. The van der Waals surface area contributed by atoms with E-state index in [1.54, 1.807) is 0 Å². The Hall–Kier alpha value is -0.790. The third-order valence-corrected chi connectivity index (χ3v) is 4.67. The van der Waals surface area contributed by atoms with Crippen LogP contribution in [0, 0.1) is 0 Å². The molecule has 0 unspecified atom stereocenters. The van der Waals surface area contributed by atoms with Crippen LogP contribution in [0.1, 0.15) is 116 Å². The Kier molecular flexibility index (Phi) is 17.0. The van der Waals surface area contributed by atoms with Crippen LogP contribution in [0.5, 0.6) is 0 Å². The lowest BCUT2D eigenvalue weighted by atomic mass is 10.0. The van der Waals surface area contributed by atoms with Crippen LogP contribution >= 0.6 is 0 Å². The highest BCUT2D eigenvalue weighted by atomic mass is 16.4. The summed E-state index contributed by atoms with van der Waals surface area (Å²) in [5, 5.41) is 8.55. The van der Waals surface area contributed by atoms with Gasteiger partial charge in [0, 0.05) is 6.42 Å². The first kappa shape index (κ1) is 22.2. The molecule has 0 radical (unpaired) electrons. The van der Waals surface area contributed by atoms with E-state index in [0.717, 1.165) is 19.3 Å². The fraction of sp³-hybridized carbons (Fsp3) is 0.857. The second-order valence-electron chi connectivity index (χ2n) is 6.95. The normalized spacial score (nSPS) is 10.8. The highest BCUT2D eigenvalue weighted by Gasteiger charge is 1.97. The predicted molar refractivity (Wildman–Crippen MR) is 101 cm³/mol. The van der Waals surface area contributed by atoms with Crippen LogP contribution in [0.4, 0.5) is 0 Å². The third-order valence-electron chi connectivity index (χ3n) is 4.67. The number of hydrogen-bond acceptors (Lipinski definition) is 1. The van der Waals surface area contributed by atoms with Crippen molar-refractivity contribution in [2.45, 2.75) is 116 Å². The number of hydrogen-bond donors (Lipinski definition) is 1. The van der Waals surface area contributed by atoms with Crippen molar-refractivity contribution < 1.29 is 9.90 Å². The zero-order valence-corrected chi connectivity index (χ0v) is 15.6. The maximum atomic E-state index is 10.4. The van der Waals surface area contributed by atoms with Gasteiger partial charge in [-0.25, -0.2) is 0 Å². The summed E-state index contributed by atoms with van der Waals surface area (Å²) >= 11 is 0. The molecular formula is C21H40O2. The summed E-state index contributed by atoms with van der Waals surface area (Å²) in [6.07, 6.45) is 20.9. The molecule has 0 fully saturated rings. The van der Waals surface area contributed by atoms with Crippen LogP contribution in [-0.4, -0.2) is 11.1 Å². The van der Waals surface area contributed by atoms with Gasteiger partial charge in [-0.15, -0.1) is 0 Å². The smallest absolute Gasteiger partial charge is 0.303 e. The van der Waals surface area contributed by atoms with Gasteiger partial charge in [0.15, 0.2) is 0 Å². The average Bonchev–Trinajstić information content (AvgIpc) is 2.53. The molecule has 136 valence electrons. The Bertz CT molecular complexity index is 284. The van der Waals surface area contributed by atoms with Crippen LogP contribution in [0.2, 0.25) is 0 Å². The number of rotatable bonds is 18. The largest absolute Gasteiger partial charge is 0.481 e. The van der Waals surface area contributed by atoms with Gasteiger partial charge in [-0.3, -0.25) is 4.79 Å². The molecule has 0 aromatic carbocycles. The fourth-order valence-corrected chi connectivity index (χ4v) is 2.95. The Labute approximate surface area is 144 Å². The van der Waals surface area contributed by atoms with E-state index in [2.05, 4.69) is 13.5 Å². The summed E-state index contributed by atoms with van der Waals surface area (Å²) in [5.74, 6) is -0.656. The van der Waals surface area contributed by atoms with Crippen LogP contribution in [0.15, 0.2) is 12.2 Å². The molecule has 0 rings (SSSR count). The zero-order chi connectivity index (χ0) is 17.2. The second-order valence-corrected chi connectivity index (χ2v) is 6.95. The molecule has 0 aromatic heterocycles. The number of unbranched alkanes of at least 4 members (excludes halogenated alkanes) is 13. The minimum Gasteiger partial charge on any atom is -0.481 e. The van der Waals surface area contributed by atoms with Crippen molar-refractivity contribution in [3.05, 3.63) is 12.2 Å². The van der Waals surface area contributed by atoms with Gasteiger partial charge in [-0.05, 0) is 25.7 Å². The minimum absolute atomic E-state index is 0.341. The number of allylic oxidation sites excluding steroid dienone is 1. The average molecular weight is 325 g/mol. The van der Waals surface area contributed by atoms with E-state index in [0.29, 0.717) is 6.42 Å². The van der Waals surface area contributed by atoms with Gasteiger partial charge < -0.3 is 5.11 Å². The summed E-state index contributed by atoms with van der Waals surface area (Å²) in [4.78, 5) is 10.4. The maximum absolute atomic E-state index is 10.4. The standard InChI is InChI=1S/C21H40O2/c1-3-20(2)18-16-14-12-10-8-6-4-5-7-9-11-13-15-17-19-21(22)23/h2-19H2,1H3,(H,22,23). The van der Waals surface area contributed by atoms with Crippen LogP contribution in [-0.2, 0) is 4.79 Å². The monoisotopic (exact) mass is 324 g/mol. The lowest BCUT2D eigenvalue weighted by Crippen LogP contribution is -1.93. The van der Waals surface area contributed by atoms with Crippen LogP contribution < -0.4 is 0 Å². The number of carboxylic acids is 1. The van der Waals surface area contributed by atoms with Gasteiger partial charge in [0.25, 0.3) is 0 Å². The van der Waals surface area contributed by atoms with Crippen molar-refractivity contribution in [2.75, 3.05) is 0 Å². The number of carbonyl (C=O) groups is 1. The summed E-state index contributed by atoms with van der Waals surface area (Å²) in [6, 6.07) is 0. The van der Waals surface area contributed by atoms with Crippen molar-refractivity contribution >= 4 is 5.97 Å². The Morgan fingerprint density at radius 2 is 0.957 bits per heavy atom. The van der Waals surface area contributed by atoms with Gasteiger partial charge in [0.1, 0.15) is 0 Å². The lowest BCUT2D eigenvalue weighted by molar-refractivity contribution is -0.137. The summed E-state index contributed by atoms with van der Waals surface area (Å²) in [6.45, 7) is 6.26. The maximum Gasteiger partial charge on any atom is 0.303 e. The van der Waals surface area contributed by atoms with Gasteiger partial charge in [-0.2, -0.15) is 0 Å². The highest BCUT2D eigenvalue weighted by molar-refractivity contribution is 5.66. The summed E-state index contributed by atoms with van der Waals surface area (Å²) < 4.78 is 0. The molecule has 0 spiro atoms. The predicted octanol–water partition coefficient (Wildman–Crippen LogP) is 7.28. The first-order valence-corrected chi connectivity index (χ1v) is 10.0. The molecule has 0 saturated carbocycles. The van der Waals surface area contributed by atoms with E-state index < -0.39 is 5.97 Å². The molecule has 0 amide bonds. The molecule has 0 aliphatic carbocycles. The Morgan fingerprint density at radius 3 is 1.26 bits per heavy atom. The van der Waals surface area contributed by atoms with Gasteiger partial charge in [0.05, 0.1) is 0 Å². The molecule has 0 aromatic rings. The van der Waals surface area contributed by atoms with Crippen LogP contribution in [0.3, 0.4) is 0 Å². The number of carboxylic acid groups (broad SMARTS) is 1.